The molecule has 0 heterocycles. The minimum Gasteiger partial charge on any atom is -0.395 e. The molecule has 1 atom stereocenters. The monoisotopic (exact) mass is 370 g/mol. The van der Waals surface area contributed by atoms with Crippen LogP contribution in [0.4, 0.5) is 0 Å². The van der Waals surface area contributed by atoms with E-state index in [2.05, 4.69) is 13.2 Å². The lowest BCUT2D eigenvalue weighted by Crippen LogP contribution is -2.40. The molecule has 0 saturated heterocycles. The van der Waals surface area contributed by atoms with Crippen LogP contribution in [0.2, 0.25) is 0 Å². The van der Waals surface area contributed by atoms with Crippen molar-refractivity contribution in [2.45, 2.75) is 90.6 Å². The van der Waals surface area contributed by atoms with Crippen LogP contribution in [0.3, 0.4) is 0 Å². The summed E-state index contributed by atoms with van der Waals surface area (Å²) in [6, 6.07) is 0. The molecule has 26 heavy (non-hydrogen) atoms. The molecule has 1 unspecified atom stereocenters. The van der Waals surface area contributed by atoms with E-state index < -0.39 is 17.9 Å². The summed E-state index contributed by atoms with van der Waals surface area (Å²) in [6.07, 6.45) is 6.70. The van der Waals surface area contributed by atoms with Gasteiger partial charge in [-0.25, -0.2) is 9.59 Å². The molecule has 0 amide bonds. The van der Waals surface area contributed by atoms with Gasteiger partial charge in [0.05, 0.1) is 12.5 Å². The first-order chi connectivity index (χ1) is 12.1. The highest BCUT2D eigenvalue weighted by molar-refractivity contribution is 5.88. The van der Waals surface area contributed by atoms with Crippen LogP contribution in [0.15, 0.2) is 24.3 Å². The van der Waals surface area contributed by atoms with Crippen molar-refractivity contribution >= 4 is 11.9 Å². The van der Waals surface area contributed by atoms with Crippen LogP contribution in [-0.4, -0.2) is 34.2 Å². The summed E-state index contributed by atoms with van der Waals surface area (Å²) in [6.45, 7) is 11.7. The summed E-state index contributed by atoms with van der Waals surface area (Å²) >= 11 is 0. The number of rotatable bonds is 14. The Kier molecular flexibility index (Phi) is 11.8. The molecular weight excluding hydrogens is 336 g/mol. The molecule has 0 aliphatic carbocycles. The maximum absolute atomic E-state index is 11.7. The average Bonchev–Trinajstić information content (AvgIpc) is 2.56. The lowest BCUT2D eigenvalue weighted by atomic mass is 10.0. The molecule has 0 bridgehead atoms. The van der Waals surface area contributed by atoms with Crippen molar-refractivity contribution in [3.8, 4) is 0 Å². The predicted octanol–water partition coefficient (Wildman–Crippen LogP) is 3.76. The second-order valence-corrected chi connectivity index (χ2v) is 6.77. The Bertz CT molecular complexity index is 455. The average molecular weight is 370 g/mol. The molecule has 0 aromatic carbocycles. The van der Waals surface area contributed by atoms with Gasteiger partial charge in [0.2, 0.25) is 0 Å². The zero-order valence-electron chi connectivity index (χ0n) is 16.4. The van der Waals surface area contributed by atoms with Crippen LogP contribution in [0, 0.1) is 0 Å². The third kappa shape index (κ3) is 11.1. The molecule has 2 N–H and O–H groups in total. The van der Waals surface area contributed by atoms with Crippen LogP contribution in [-0.2, 0) is 19.1 Å². The van der Waals surface area contributed by atoms with Gasteiger partial charge in [0.25, 0.3) is 0 Å². The number of aliphatic hydroxyl groups excluding tert-OH is 1. The van der Waals surface area contributed by atoms with Crippen molar-refractivity contribution in [3.05, 3.63) is 24.3 Å². The number of unbranched alkanes of at least 4 members (excludes halogenated alkanes) is 5. The SMILES string of the molecule is C=C(C)C(=O)OC(O)(CCCCCCCCC(O)CC)OC(=O)C(=C)C. The molecule has 0 aromatic heterocycles. The topological polar surface area (TPSA) is 93.1 Å². The van der Waals surface area contributed by atoms with Crippen molar-refractivity contribution in [1.82, 2.24) is 0 Å². The molecule has 0 radical (unpaired) electrons. The number of ether oxygens (including phenoxy) is 2. The van der Waals surface area contributed by atoms with Crippen molar-refractivity contribution in [1.29, 1.82) is 0 Å². The fourth-order valence-electron chi connectivity index (χ4n) is 2.23. The van der Waals surface area contributed by atoms with Crippen LogP contribution >= 0.6 is 0 Å². The number of carbonyl (C=O) groups excluding carboxylic acids is 2. The molecule has 0 aliphatic heterocycles. The van der Waals surface area contributed by atoms with Gasteiger partial charge in [-0.3, -0.25) is 0 Å². The Balaban J connectivity index is 4.30. The summed E-state index contributed by atoms with van der Waals surface area (Å²) in [5.74, 6) is -3.95. The quantitative estimate of drug-likeness (QED) is 0.209. The van der Waals surface area contributed by atoms with Crippen molar-refractivity contribution in [2.75, 3.05) is 0 Å². The van der Waals surface area contributed by atoms with Gasteiger partial charge in [0.1, 0.15) is 0 Å². The van der Waals surface area contributed by atoms with E-state index in [9.17, 15) is 19.8 Å². The fourth-order valence-corrected chi connectivity index (χ4v) is 2.23. The van der Waals surface area contributed by atoms with E-state index in [0.29, 0.717) is 6.42 Å². The Hall–Kier alpha value is -1.66. The van der Waals surface area contributed by atoms with Gasteiger partial charge in [-0.1, -0.05) is 52.2 Å². The van der Waals surface area contributed by atoms with Crippen LogP contribution in [0.1, 0.15) is 78.6 Å². The Morgan fingerprint density at radius 2 is 1.35 bits per heavy atom. The van der Waals surface area contributed by atoms with E-state index >= 15 is 0 Å². The van der Waals surface area contributed by atoms with Crippen LogP contribution in [0.5, 0.6) is 0 Å². The van der Waals surface area contributed by atoms with E-state index in [1.54, 1.807) is 0 Å². The van der Waals surface area contributed by atoms with E-state index in [1.807, 2.05) is 6.92 Å². The van der Waals surface area contributed by atoms with E-state index in [1.165, 1.54) is 13.8 Å². The van der Waals surface area contributed by atoms with Gasteiger partial charge in [-0.2, -0.15) is 0 Å². The largest absolute Gasteiger partial charge is 0.395 e. The molecule has 0 spiro atoms. The second kappa shape index (κ2) is 12.7. The summed E-state index contributed by atoms with van der Waals surface area (Å²) in [4.78, 5) is 23.4. The lowest BCUT2D eigenvalue weighted by molar-refractivity contribution is -0.325. The van der Waals surface area contributed by atoms with Gasteiger partial charge in [-0.15, -0.1) is 0 Å². The van der Waals surface area contributed by atoms with E-state index in [-0.39, 0.29) is 23.7 Å². The molecule has 0 saturated carbocycles. The zero-order valence-corrected chi connectivity index (χ0v) is 16.4. The fraction of sp³-hybridized carbons (Fsp3) is 0.700. The third-order valence-corrected chi connectivity index (χ3v) is 3.95. The summed E-state index contributed by atoms with van der Waals surface area (Å²) in [5, 5.41) is 19.9. The molecule has 0 aromatic rings. The first-order valence-corrected chi connectivity index (χ1v) is 9.29. The molecule has 6 heteroatoms. The van der Waals surface area contributed by atoms with E-state index in [4.69, 9.17) is 9.47 Å². The minimum absolute atomic E-state index is 0.0143. The number of carbonyl (C=O) groups is 2. The Labute approximate surface area is 156 Å². The van der Waals surface area contributed by atoms with Gasteiger partial charge in [0.15, 0.2) is 0 Å². The van der Waals surface area contributed by atoms with Gasteiger partial charge in [-0.05, 0) is 33.1 Å². The summed E-state index contributed by atoms with van der Waals surface area (Å²) < 4.78 is 9.82. The van der Waals surface area contributed by atoms with Crippen LogP contribution in [0.25, 0.3) is 0 Å². The Morgan fingerprint density at radius 3 is 1.77 bits per heavy atom. The number of hydrogen-bond acceptors (Lipinski definition) is 6. The second-order valence-electron chi connectivity index (χ2n) is 6.77. The normalized spacial score (nSPS) is 12.3. The molecule has 0 rings (SSSR count). The first-order valence-electron chi connectivity index (χ1n) is 9.29. The highest BCUT2D eigenvalue weighted by Crippen LogP contribution is 2.22. The lowest BCUT2D eigenvalue weighted by Gasteiger charge is -2.27. The highest BCUT2D eigenvalue weighted by Gasteiger charge is 2.36. The maximum atomic E-state index is 11.7. The third-order valence-electron chi connectivity index (χ3n) is 3.95. The predicted molar refractivity (Wildman–Crippen MR) is 100.0 cm³/mol. The van der Waals surface area contributed by atoms with Crippen molar-refractivity contribution in [3.63, 3.8) is 0 Å². The number of esters is 2. The van der Waals surface area contributed by atoms with Crippen molar-refractivity contribution in [2.24, 2.45) is 0 Å². The molecule has 0 aliphatic rings. The Morgan fingerprint density at radius 1 is 0.923 bits per heavy atom. The maximum Gasteiger partial charge on any atom is 0.373 e. The smallest absolute Gasteiger partial charge is 0.373 e. The summed E-state index contributed by atoms with van der Waals surface area (Å²) in [7, 11) is 0. The summed E-state index contributed by atoms with van der Waals surface area (Å²) in [5.41, 5.74) is 0.202. The van der Waals surface area contributed by atoms with Gasteiger partial charge in [0, 0.05) is 11.1 Å². The first kappa shape index (κ1) is 24.3. The number of hydrogen-bond donors (Lipinski definition) is 2. The van der Waals surface area contributed by atoms with Crippen LogP contribution < -0.4 is 0 Å². The van der Waals surface area contributed by atoms with Gasteiger partial charge < -0.3 is 19.7 Å². The molecular formula is C20H34O6. The molecule has 6 nitrogen and oxygen atoms in total. The zero-order chi connectivity index (χ0) is 20.2. The minimum atomic E-state index is -2.31. The van der Waals surface area contributed by atoms with E-state index in [0.717, 1.165) is 44.9 Å². The number of aliphatic hydroxyl groups is 2. The molecule has 0 fully saturated rings. The van der Waals surface area contributed by atoms with Gasteiger partial charge >= 0.3 is 17.9 Å². The van der Waals surface area contributed by atoms with Crippen molar-refractivity contribution < 1.29 is 29.3 Å². The standard InChI is InChI=1S/C20H34O6/c1-6-17(21)13-11-9-7-8-10-12-14-20(24,25-18(22)15(2)3)26-19(23)16(4)5/h17,21,24H,2,4,6-14H2,1,3,5H3. The highest BCUT2D eigenvalue weighted by atomic mass is 16.8. The molecule has 150 valence electrons.